The van der Waals surface area contributed by atoms with E-state index in [1.165, 1.54) is 19.2 Å². The van der Waals surface area contributed by atoms with Crippen molar-refractivity contribution >= 4 is 18.0 Å². The molecule has 0 aliphatic carbocycles. The predicted molar refractivity (Wildman–Crippen MR) is 117 cm³/mol. The maximum absolute atomic E-state index is 13.0. The number of methoxy groups -OCH3 is 1. The molecule has 1 aliphatic heterocycles. The molecule has 9 heteroatoms. The lowest BCUT2D eigenvalue weighted by Crippen LogP contribution is -2.47. The molecule has 2 N–H and O–H groups in total. The van der Waals surface area contributed by atoms with Crippen LogP contribution in [0.1, 0.15) is 30.5 Å². The van der Waals surface area contributed by atoms with Gasteiger partial charge in [-0.15, -0.1) is 0 Å². The number of carbonyl (C=O) groups excluding carboxylic acids is 3. The van der Waals surface area contributed by atoms with Crippen LogP contribution in [0.4, 0.5) is 9.18 Å². The Morgan fingerprint density at radius 2 is 1.73 bits per heavy atom. The summed E-state index contributed by atoms with van der Waals surface area (Å²) in [6.45, 7) is 1.50. The van der Waals surface area contributed by atoms with Crippen molar-refractivity contribution in [2.24, 2.45) is 0 Å². The maximum Gasteiger partial charge on any atom is 0.338 e. The Kier molecular flexibility index (Phi) is 8.01. The summed E-state index contributed by atoms with van der Waals surface area (Å²) in [6.07, 6.45) is 0.424. The van der Waals surface area contributed by atoms with Crippen molar-refractivity contribution in [3.63, 3.8) is 0 Å². The van der Waals surface area contributed by atoms with Gasteiger partial charge in [-0.3, -0.25) is 4.79 Å². The quantitative estimate of drug-likeness (QED) is 0.562. The maximum atomic E-state index is 13.0. The molecular formula is C24H25FN2O6. The van der Waals surface area contributed by atoms with E-state index in [1.54, 1.807) is 43.3 Å². The van der Waals surface area contributed by atoms with E-state index in [1.807, 2.05) is 0 Å². The first kappa shape index (κ1) is 23.8. The van der Waals surface area contributed by atoms with E-state index in [0.29, 0.717) is 17.7 Å². The first-order valence-corrected chi connectivity index (χ1v) is 10.4. The molecule has 0 radical (unpaired) electrons. The van der Waals surface area contributed by atoms with Crippen molar-refractivity contribution in [2.75, 3.05) is 20.3 Å². The summed E-state index contributed by atoms with van der Waals surface area (Å²) < 4.78 is 28.7. The summed E-state index contributed by atoms with van der Waals surface area (Å²) >= 11 is 0. The zero-order valence-electron chi connectivity index (χ0n) is 18.4. The van der Waals surface area contributed by atoms with Crippen LogP contribution in [0.2, 0.25) is 0 Å². The third kappa shape index (κ3) is 6.31. The van der Waals surface area contributed by atoms with Gasteiger partial charge in [0, 0.05) is 6.42 Å². The van der Waals surface area contributed by atoms with Gasteiger partial charge in [0.15, 0.2) is 0 Å². The molecule has 2 amide bonds. The lowest BCUT2D eigenvalue weighted by atomic mass is 9.95. The average Bonchev–Trinajstić information content (AvgIpc) is 2.82. The van der Waals surface area contributed by atoms with Crippen molar-refractivity contribution in [3.05, 3.63) is 76.7 Å². The van der Waals surface area contributed by atoms with Crippen LogP contribution in [0.25, 0.3) is 0 Å². The molecule has 8 nitrogen and oxygen atoms in total. The molecule has 1 heterocycles. The fraction of sp³-hybridized carbons (Fsp3) is 0.292. The Bertz CT molecular complexity index is 1030. The third-order valence-electron chi connectivity index (χ3n) is 5.01. The van der Waals surface area contributed by atoms with Crippen molar-refractivity contribution < 1.29 is 33.0 Å². The number of halogens is 1. The van der Waals surface area contributed by atoms with E-state index in [0.717, 1.165) is 5.56 Å². The topological polar surface area (TPSA) is 103 Å². The lowest BCUT2D eigenvalue weighted by molar-refractivity contribution is -0.143. The highest BCUT2D eigenvalue weighted by Crippen LogP contribution is 2.29. The fourth-order valence-corrected chi connectivity index (χ4v) is 3.35. The van der Waals surface area contributed by atoms with Gasteiger partial charge in [0.05, 0.1) is 31.0 Å². The molecule has 1 unspecified atom stereocenters. The first-order chi connectivity index (χ1) is 15.9. The largest absolute Gasteiger partial charge is 0.497 e. The second kappa shape index (κ2) is 11.1. The van der Waals surface area contributed by atoms with E-state index >= 15 is 0 Å². The number of amides is 2. The highest BCUT2D eigenvalue weighted by Gasteiger charge is 2.34. The van der Waals surface area contributed by atoms with Crippen LogP contribution in [-0.4, -0.2) is 38.3 Å². The number of aryl methyl sites for hydroxylation is 1. The second-order valence-electron chi connectivity index (χ2n) is 7.20. The van der Waals surface area contributed by atoms with Gasteiger partial charge in [-0.05, 0) is 48.7 Å². The predicted octanol–water partition coefficient (Wildman–Crippen LogP) is 3.18. The monoisotopic (exact) mass is 456 g/mol. The van der Waals surface area contributed by atoms with E-state index in [4.69, 9.17) is 14.2 Å². The molecule has 1 atom stereocenters. The van der Waals surface area contributed by atoms with Crippen LogP contribution < -0.4 is 15.4 Å². The standard InChI is InChI=1S/C24H25FN2O6/c1-3-32-23(29)21-19(14-33-20(28)13-6-15-4-9-17(25)10-5-15)26-24(30)27-22(21)16-7-11-18(31-2)12-8-16/h4-5,7-12,22H,3,6,13-14H2,1-2H3,(H2,26,27,30). The van der Waals surface area contributed by atoms with Crippen molar-refractivity contribution in [1.29, 1.82) is 0 Å². The molecule has 0 fully saturated rings. The van der Waals surface area contributed by atoms with E-state index in [-0.39, 0.29) is 36.7 Å². The van der Waals surface area contributed by atoms with Crippen LogP contribution in [0.15, 0.2) is 59.8 Å². The number of urea groups is 1. The van der Waals surface area contributed by atoms with E-state index < -0.39 is 24.0 Å². The number of hydrogen-bond donors (Lipinski definition) is 2. The molecule has 33 heavy (non-hydrogen) atoms. The molecule has 0 saturated carbocycles. The minimum absolute atomic E-state index is 0.0573. The van der Waals surface area contributed by atoms with Crippen molar-refractivity contribution in [1.82, 2.24) is 10.6 Å². The molecule has 0 spiro atoms. The zero-order valence-corrected chi connectivity index (χ0v) is 18.4. The Morgan fingerprint density at radius 3 is 2.36 bits per heavy atom. The SMILES string of the molecule is CCOC(=O)C1=C(COC(=O)CCc2ccc(F)cc2)NC(=O)NC1c1ccc(OC)cc1. The summed E-state index contributed by atoms with van der Waals surface area (Å²) in [7, 11) is 1.54. The number of benzene rings is 2. The number of ether oxygens (including phenoxy) is 3. The number of esters is 2. The summed E-state index contributed by atoms with van der Waals surface area (Å²) in [4.78, 5) is 37.3. The van der Waals surface area contributed by atoms with Crippen LogP contribution in [0, 0.1) is 5.82 Å². The minimum Gasteiger partial charge on any atom is -0.497 e. The normalized spacial score (nSPS) is 15.4. The van der Waals surface area contributed by atoms with Gasteiger partial charge in [-0.1, -0.05) is 24.3 Å². The lowest BCUT2D eigenvalue weighted by Gasteiger charge is -2.29. The molecule has 3 rings (SSSR count). The molecule has 2 aromatic carbocycles. The Hall–Kier alpha value is -3.88. The van der Waals surface area contributed by atoms with Gasteiger partial charge in [0.2, 0.25) is 0 Å². The van der Waals surface area contributed by atoms with Crippen molar-refractivity contribution in [2.45, 2.75) is 25.8 Å². The highest BCUT2D eigenvalue weighted by molar-refractivity contribution is 5.95. The Labute approximate surface area is 190 Å². The van der Waals surface area contributed by atoms with Crippen LogP contribution in [0.5, 0.6) is 5.75 Å². The van der Waals surface area contributed by atoms with E-state index in [9.17, 15) is 18.8 Å². The first-order valence-electron chi connectivity index (χ1n) is 10.4. The zero-order chi connectivity index (χ0) is 23.8. The number of carbonyl (C=O) groups is 3. The molecule has 0 aromatic heterocycles. The Morgan fingerprint density at radius 1 is 1.03 bits per heavy atom. The minimum atomic E-state index is -0.795. The highest BCUT2D eigenvalue weighted by atomic mass is 19.1. The molecule has 2 aromatic rings. The summed E-state index contributed by atoms with van der Waals surface area (Å²) in [5, 5.41) is 5.26. The summed E-state index contributed by atoms with van der Waals surface area (Å²) in [5.74, 6) is -0.893. The number of nitrogens with one attached hydrogen (secondary N) is 2. The van der Waals surface area contributed by atoms with Gasteiger partial charge in [-0.25, -0.2) is 14.0 Å². The van der Waals surface area contributed by atoms with Gasteiger partial charge in [0.25, 0.3) is 0 Å². The average molecular weight is 456 g/mol. The van der Waals surface area contributed by atoms with Gasteiger partial charge < -0.3 is 24.8 Å². The van der Waals surface area contributed by atoms with Crippen LogP contribution in [-0.2, 0) is 25.5 Å². The Balaban J connectivity index is 1.76. The van der Waals surface area contributed by atoms with Crippen LogP contribution >= 0.6 is 0 Å². The summed E-state index contributed by atoms with van der Waals surface area (Å²) in [5.41, 5.74) is 1.71. The second-order valence-corrected chi connectivity index (χ2v) is 7.20. The van der Waals surface area contributed by atoms with E-state index in [2.05, 4.69) is 10.6 Å². The smallest absolute Gasteiger partial charge is 0.338 e. The van der Waals surface area contributed by atoms with Gasteiger partial charge in [0.1, 0.15) is 18.2 Å². The van der Waals surface area contributed by atoms with Gasteiger partial charge >= 0.3 is 18.0 Å². The number of rotatable bonds is 9. The third-order valence-corrected chi connectivity index (χ3v) is 5.01. The van der Waals surface area contributed by atoms with Crippen molar-refractivity contribution in [3.8, 4) is 5.75 Å². The number of hydrogen-bond acceptors (Lipinski definition) is 6. The molecule has 174 valence electrons. The van der Waals surface area contributed by atoms with Gasteiger partial charge in [-0.2, -0.15) is 0 Å². The molecular weight excluding hydrogens is 431 g/mol. The fourth-order valence-electron chi connectivity index (χ4n) is 3.35. The summed E-state index contributed by atoms with van der Waals surface area (Å²) in [6, 6.07) is 11.4. The molecule has 0 bridgehead atoms. The molecule has 1 aliphatic rings. The molecule has 0 saturated heterocycles. The van der Waals surface area contributed by atoms with Crippen LogP contribution in [0.3, 0.4) is 0 Å².